The Labute approximate surface area is 217 Å². The number of carbonyl (C=O) groups excluding carboxylic acids is 3. The molecule has 2 amide bonds. The number of aromatic nitrogens is 2. The van der Waals surface area contributed by atoms with Crippen molar-refractivity contribution in [2.45, 2.75) is 39.3 Å². The Morgan fingerprint density at radius 2 is 1.83 bits per heavy atom. The topological polar surface area (TPSA) is 106 Å². The standard InChI is InChI=1S/C26H28BrN5O4/c1-26(2,3)36-24(34)17-7-5-6-16(10-17)11-21(33)18-12-19(27)14-20(13-18)31-8-9-32-23(31)15-22(30-32)29-25(35)28-4/h5-7,10,12-15H,8-9,11H2,1-4H3,(H2,28,29,30,35). The number of benzene rings is 2. The van der Waals surface area contributed by atoms with Gasteiger partial charge in [0.1, 0.15) is 11.4 Å². The average Bonchev–Trinajstić information content (AvgIpc) is 3.37. The van der Waals surface area contributed by atoms with Crippen molar-refractivity contribution in [1.29, 1.82) is 0 Å². The highest BCUT2D eigenvalue weighted by Crippen LogP contribution is 2.34. The summed E-state index contributed by atoms with van der Waals surface area (Å²) in [7, 11) is 1.54. The van der Waals surface area contributed by atoms with E-state index in [1.54, 1.807) is 37.4 Å². The maximum atomic E-state index is 13.2. The molecule has 0 fully saturated rings. The first-order chi connectivity index (χ1) is 17.0. The molecule has 0 saturated heterocycles. The van der Waals surface area contributed by atoms with Crippen LogP contribution in [0.4, 0.5) is 22.1 Å². The SMILES string of the molecule is CNC(=O)Nc1cc2n(n1)CCN2c1cc(Br)cc(C(=O)Cc2cccc(C(=O)OC(C)(C)C)c2)c1. The van der Waals surface area contributed by atoms with Gasteiger partial charge in [0.2, 0.25) is 0 Å². The van der Waals surface area contributed by atoms with Crippen LogP contribution in [0.1, 0.15) is 47.1 Å². The molecule has 188 valence electrons. The van der Waals surface area contributed by atoms with E-state index >= 15 is 0 Å². The molecule has 1 aliphatic rings. The predicted molar refractivity (Wildman–Crippen MR) is 141 cm³/mol. The van der Waals surface area contributed by atoms with Crippen molar-refractivity contribution in [3.8, 4) is 0 Å². The Morgan fingerprint density at radius 1 is 1.06 bits per heavy atom. The van der Waals surface area contributed by atoms with E-state index < -0.39 is 11.6 Å². The number of urea groups is 1. The van der Waals surface area contributed by atoms with E-state index in [1.807, 2.05) is 48.6 Å². The van der Waals surface area contributed by atoms with Gasteiger partial charge in [0.05, 0.1) is 12.1 Å². The summed E-state index contributed by atoms with van der Waals surface area (Å²) in [5, 5.41) is 9.61. The molecule has 2 heterocycles. The largest absolute Gasteiger partial charge is 0.456 e. The van der Waals surface area contributed by atoms with Crippen LogP contribution in [0, 0.1) is 0 Å². The number of nitrogens with one attached hydrogen (secondary N) is 2. The highest BCUT2D eigenvalue weighted by atomic mass is 79.9. The van der Waals surface area contributed by atoms with Gasteiger partial charge in [0, 0.05) is 41.8 Å². The summed E-state index contributed by atoms with van der Waals surface area (Å²) in [5.41, 5.74) is 1.93. The van der Waals surface area contributed by atoms with E-state index in [0.717, 1.165) is 21.5 Å². The molecule has 9 nitrogen and oxygen atoms in total. The van der Waals surface area contributed by atoms with Crippen LogP contribution in [0.25, 0.3) is 0 Å². The first-order valence-electron chi connectivity index (χ1n) is 11.5. The highest BCUT2D eigenvalue weighted by Gasteiger charge is 2.25. The zero-order chi connectivity index (χ0) is 26.0. The molecule has 0 unspecified atom stereocenters. The summed E-state index contributed by atoms with van der Waals surface area (Å²) in [6.45, 7) is 6.78. The maximum absolute atomic E-state index is 13.2. The van der Waals surface area contributed by atoms with E-state index in [9.17, 15) is 14.4 Å². The van der Waals surface area contributed by atoms with Crippen LogP contribution in [-0.4, -0.2) is 46.8 Å². The summed E-state index contributed by atoms with van der Waals surface area (Å²) in [6, 6.07) is 14.0. The minimum atomic E-state index is -0.597. The smallest absolute Gasteiger partial charge is 0.338 e. The summed E-state index contributed by atoms with van der Waals surface area (Å²) in [4.78, 5) is 39.3. The molecule has 0 atom stereocenters. The van der Waals surface area contributed by atoms with Crippen molar-refractivity contribution in [2.24, 2.45) is 0 Å². The van der Waals surface area contributed by atoms with Gasteiger partial charge in [0.25, 0.3) is 0 Å². The first kappa shape index (κ1) is 25.4. The van der Waals surface area contributed by atoms with Crippen LogP contribution >= 0.6 is 15.9 Å². The van der Waals surface area contributed by atoms with Crippen LogP contribution in [-0.2, 0) is 17.7 Å². The van der Waals surface area contributed by atoms with Gasteiger partial charge in [-0.05, 0) is 56.7 Å². The number of rotatable bonds is 6. The first-order valence-corrected chi connectivity index (χ1v) is 12.3. The molecule has 1 aromatic heterocycles. The number of halogens is 1. The van der Waals surface area contributed by atoms with Gasteiger partial charge in [-0.3, -0.25) is 10.1 Å². The second-order valence-electron chi connectivity index (χ2n) is 9.47. The zero-order valence-electron chi connectivity index (χ0n) is 20.6. The Kier molecular flexibility index (Phi) is 7.16. The number of hydrogen-bond acceptors (Lipinski definition) is 6. The predicted octanol–water partition coefficient (Wildman–Crippen LogP) is 4.93. The molecule has 10 heteroatoms. The van der Waals surface area contributed by atoms with Crippen molar-refractivity contribution in [1.82, 2.24) is 15.1 Å². The van der Waals surface area contributed by atoms with Gasteiger partial charge >= 0.3 is 12.0 Å². The third kappa shape index (κ3) is 5.93. The molecule has 0 spiro atoms. The molecule has 0 saturated carbocycles. The monoisotopic (exact) mass is 553 g/mol. The van der Waals surface area contributed by atoms with E-state index in [0.29, 0.717) is 30.0 Å². The minimum Gasteiger partial charge on any atom is -0.456 e. The van der Waals surface area contributed by atoms with Crippen LogP contribution in [0.15, 0.2) is 53.0 Å². The number of amides is 2. The van der Waals surface area contributed by atoms with Crippen molar-refractivity contribution in [2.75, 3.05) is 23.8 Å². The molecule has 0 aliphatic carbocycles. The van der Waals surface area contributed by atoms with Crippen LogP contribution in [0.2, 0.25) is 0 Å². The molecule has 4 rings (SSSR count). The lowest BCUT2D eigenvalue weighted by atomic mass is 10.0. The fraction of sp³-hybridized carbons (Fsp3) is 0.308. The normalized spacial score (nSPS) is 12.8. The van der Waals surface area contributed by atoms with Crippen molar-refractivity contribution >= 4 is 51.0 Å². The van der Waals surface area contributed by atoms with Crippen LogP contribution in [0.3, 0.4) is 0 Å². The Bertz CT molecular complexity index is 1330. The summed E-state index contributed by atoms with van der Waals surface area (Å²) < 4.78 is 8.03. The van der Waals surface area contributed by atoms with E-state index in [-0.39, 0.29) is 18.2 Å². The Hall–Kier alpha value is -3.66. The third-order valence-corrected chi connectivity index (χ3v) is 5.94. The molecule has 1 aliphatic heterocycles. The van der Waals surface area contributed by atoms with Gasteiger partial charge in [-0.15, -0.1) is 0 Å². The van der Waals surface area contributed by atoms with Crippen LogP contribution < -0.4 is 15.5 Å². The van der Waals surface area contributed by atoms with E-state index in [2.05, 4.69) is 31.7 Å². The molecule has 36 heavy (non-hydrogen) atoms. The number of fused-ring (bicyclic) bond motifs is 1. The summed E-state index contributed by atoms with van der Waals surface area (Å²) in [5.74, 6) is 0.777. The molecule has 2 aromatic carbocycles. The highest BCUT2D eigenvalue weighted by molar-refractivity contribution is 9.10. The van der Waals surface area contributed by atoms with E-state index in [4.69, 9.17) is 4.74 Å². The number of ketones is 1. The third-order valence-electron chi connectivity index (χ3n) is 5.48. The molecule has 3 aromatic rings. The quantitative estimate of drug-likeness (QED) is 0.331. The van der Waals surface area contributed by atoms with Crippen molar-refractivity contribution in [3.63, 3.8) is 0 Å². The second kappa shape index (κ2) is 10.1. The minimum absolute atomic E-state index is 0.0754. The molecular weight excluding hydrogens is 526 g/mol. The van der Waals surface area contributed by atoms with Crippen LogP contribution in [0.5, 0.6) is 0 Å². The number of hydrogen-bond donors (Lipinski definition) is 2. The van der Waals surface area contributed by atoms with Gasteiger partial charge < -0.3 is 15.0 Å². The summed E-state index contributed by atoms with van der Waals surface area (Å²) >= 11 is 3.53. The number of carbonyl (C=O) groups is 3. The number of anilines is 3. The lowest BCUT2D eigenvalue weighted by Gasteiger charge is -2.19. The summed E-state index contributed by atoms with van der Waals surface area (Å²) in [6.07, 6.45) is 0.144. The number of Topliss-reactive ketones (excluding diaryl/α,β-unsaturated/α-hetero) is 1. The Morgan fingerprint density at radius 3 is 2.56 bits per heavy atom. The molecular formula is C26H28BrN5O4. The van der Waals surface area contributed by atoms with Crippen molar-refractivity contribution < 1.29 is 19.1 Å². The maximum Gasteiger partial charge on any atom is 0.338 e. The number of nitrogens with zero attached hydrogens (tertiary/aromatic N) is 3. The Balaban J connectivity index is 1.53. The molecule has 0 radical (unpaired) electrons. The van der Waals surface area contributed by atoms with Gasteiger partial charge in [0.15, 0.2) is 11.6 Å². The fourth-order valence-electron chi connectivity index (χ4n) is 3.92. The van der Waals surface area contributed by atoms with Gasteiger partial charge in [-0.1, -0.05) is 28.1 Å². The lowest BCUT2D eigenvalue weighted by Crippen LogP contribution is -2.24. The van der Waals surface area contributed by atoms with Crippen molar-refractivity contribution in [3.05, 3.63) is 69.7 Å². The number of ether oxygens (including phenoxy) is 1. The molecule has 0 bridgehead atoms. The van der Waals surface area contributed by atoms with E-state index in [1.165, 1.54) is 0 Å². The van der Waals surface area contributed by atoms with Gasteiger partial charge in [-0.25, -0.2) is 14.3 Å². The zero-order valence-corrected chi connectivity index (χ0v) is 22.2. The van der Waals surface area contributed by atoms with Gasteiger partial charge in [-0.2, -0.15) is 5.10 Å². The average molecular weight is 554 g/mol. The second-order valence-corrected chi connectivity index (χ2v) is 10.4. The lowest BCUT2D eigenvalue weighted by molar-refractivity contribution is 0.00691. The fourth-order valence-corrected chi connectivity index (χ4v) is 4.40. The number of esters is 1. The molecule has 2 N–H and O–H groups in total.